The second-order valence-corrected chi connectivity index (χ2v) is 1.35. The van der Waals surface area contributed by atoms with Crippen LogP contribution in [0, 0.1) is 0 Å². The van der Waals surface area contributed by atoms with Gasteiger partial charge in [0, 0.05) is 0 Å². The van der Waals surface area contributed by atoms with Crippen molar-refractivity contribution in [2.24, 2.45) is 0 Å². The molecule has 0 aromatic rings. The highest BCUT2D eigenvalue weighted by atomic mass is 16.7. The summed E-state index contributed by atoms with van der Waals surface area (Å²) in [5.41, 5.74) is 0. The van der Waals surface area contributed by atoms with Gasteiger partial charge in [0.1, 0.15) is 0 Å². The van der Waals surface area contributed by atoms with E-state index in [1.807, 2.05) is 6.92 Å². The van der Waals surface area contributed by atoms with Crippen molar-refractivity contribution in [2.45, 2.75) is 13.3 Å². The van der Waals surface area contributed by atoms with Crippen LogP contribution in [0.1, 0.15) is 13.3 Å². The molecule has 0 aromatic heterocycles. The molecule has 3 heteroatoms. The topological polar surface area (TPSA) is 35.5 Å². The van der Waals surface area contributed by atoms with E-state index >= 15 is 0 Å². The van der Waals surface area contributed by atoms with Crippen molar-refractivity contribution in [1.82, 2.24) is 0 Å². The van der Waals surface area contributed by atoms with Gasteiger partial charge in [0.25, 0.3) is 0 Å². The number of allylic oxidation sites excluding steroid dienone is 1. The largest absolute Gasteiger partial charge is 0.512 e. The van der Waals surface area contributed by atoms with Crippen LogP contribution in [-0.4, -0.2) is 13.3 Å². The minimum absolute atomic E-state index is 0.681. The van der Waals surface area contributed by atoms with Crippen LogP contribution in [-0.2, 0) is 9.47 Å². The fourth-order valence-electron chi connectivity index (χ4n) is 0.248. The molecule has 0 N–H and O–H groups in total. The Hall–Kier alpha value is -0.990. The Bertz CT molecular complexity index is 107. The Kier molecular flexibility index (Phi) is 4.59. The van der Waals surface area contributed by atoms with Gasteiger partial charge in [0.15, 0.2) is 0 Å². The first-order valence-corrected chi connectivity index (χ1v) is 2.71. The van der Waals surface area contributed by atoms with Crippen molar-refractivity contribution in [3.63, 3.8) is 0 Å². The van der Waals surface area contributed by atoms with Crippen molar-refractivity contribution < 1.29 is 14.3 Å². The van der Waals surface area contributed by atoms with Gasteiger partial charge >= 0.3 is 6.16 Å². The third-order valence-corrected chi connectivity index (χ3v) is 0.663. The summed E-state index contributed by atoms with van der Waals surface area (Å²) in [5, 5.41) is 0. The average molecular weight is 130 g/mol. The molecule has 0 aliphatic rings. The number of methoxy groups -OCH3 is 1. The molecule has 9 heavy (non-hydrogen) atoms. The Balaban J connectivity index is 3.26. The second-order valence-electron chi connectivity index (χ2n) is 1.35. The Morgan fingerprint density at radius 1 is 1.67 bits per heavy atom. The van der Waals surface area contributed by atoms with E-state index in [9.17, 15) is 4.79 Å². The maximum absolute atomic E-state index is 10.2. The molecule has 0 bridgehead atoms. The average Bonchev–Trinajstić information content (AvgIpc) is 1.89. The molecular formula is C6H10O3. The molecule has 0 saturated carbocycles. The van der Waals surface area contributed by atoms with Gasteiger partial charge < -0.3 is 9.47 Å². The highest BCUT2D eigenvalue weighted by molar-refractivity contribution is 5.60. The first kappa shape index (κ1) is 8.01. The van der Waals surface area contributed by atoms with Gasteiger partial charge in [-0.05, 0) is 12.5 Å². The smallest absolute Gasteiger partial charge is 0.437 e. The lowest BCUT2D eigenvalue weighted by Crippen LogP contribution is -1.97. The number of ether oxygens (including phenoxy) is 2. The van der Waals surface area contributed by atoms with Gasteiger partial charge in [-0.1, -0.05) is 6.92 Å². The lowest BCUT2D eigenvalue weighted by molar-refractivity contribution is 0.105. The summed E-state index contributed by atoms with van der Waals surface area (Å²) in [6.07, 6.45) is 3.19. The minimum Gasteiger partial charge on any atom is -0.437 e. The molecule has 3 nitrogen and oxygen atoms in total. The van der Waals surface area contributed by atoms with Crippen molar-refractivity contribution >= 4 is 6.16 Å². The van der Waals surface area contributed by atoms with Crippen molar-refractivity contribution in [2.75, 3.05) is 7.11 Å². The monoisotopic (exact) mass is 130 g/mol. The lowest BCUT2D eigenvalue weighted by atomic mass is 10.5. The van der Waals surface area contributed by atoms with E-state index < -0.39 is 6.16 Å². The van der Waals surface area contributed by atoms with E-state index in [4.69, 9.17) is 0 Å². The Labute approximate surface area is 54.3 Å². The Morgan fingerprint density at radius 3 is 2.78 bits per heavy atom. The van der Waals surface area contributed by atoms with Gasteiger partial charge in [0.05, 0.1) is 13.4 Å². The van der Waals surface area contributed by atoms with Crippen LogP contribution in [0.3, 0.4) is 0 Å². The molecular weight excluding hydrogens is 120 g/mol. The van der Waals surface area contributed by atoms with Crippen LogP contribution in [0.4, 0.5) is 4.79 Å². The molecule has 0 unspecified atom stereocenters. The standard InChI is InChI=1S/C6H10O3/c1-3-4-5-9-6(7)8-2/h4-5H,3H2,1-2H3. The fraction of sp³-hybridized carbons (Fsp3) is 0.500. The second kappa shape index (κ2) is 5.15. The lowest BCUT2D eigenvalue weighted by Gasteiger charge is -1.92. The van der Waals surface area contributed by atoms with Gasteiger partial charge in [-0.15, -0.1) is 0 Å². The highest BCUT2D eigenvalue weighted by Gasteiger charge is 1.92. The first-order valence-electron chi connectivity index (χ1n) is 2.71. The summed E-state index contributed by atoms with van der Waals surface area (Å²) in [5.74, 6) is 0. The summed E-state index contributed by atoms with van der Waals surface area (Å²) in [6.45, 7) is 1.94. The van der Waals surface area contributed by atoms with Crippen LogP contribution in [0.15, 0.2) is 12.3 Å². The summed E-state index contributed by atoms with van der Waals surface area (Å²) in [7, 11) is 1.27. The van der Waals surface area contributed by atoms with Crippen molar-refractivity contribution in [3.05, 3.63) is 12.3 Å². The summed E-state index contributed by atoms with van der Waals surface area (Å²) >= 11 is 0. The number of carbonyl (C=O) groups is 1. The van der Waals surface area contributed by atoms with E-state index in [0.29, 0.717) is 0 Å². The van der Waals surface area contributed by atoms with E-state index in [0.717, 1.165) is 6.42 Å². The molecule has 0 aliphatic heterocycles. The van der Waals surface area contributed by atoms with E-state index in [1.165, 1.54) is 13.4 Å². The molecule has 52 valence electrons. The summed E-state index contributed by atoms with van der Waals surface area (Å²) in [6, 6.07) is 0. The molecule has 0 saturated heterocycles. The predicted molar refractivity (Wildman–Crippen MR) is 32.9 cm³/mol. The minimum atomic E-state index is -0.681. The molecule has 0 rings (SSSR count). The van der Waals surface area contributed by atoms with Crippen molar-refractivity contribution in [1.29, 1.82) is 0 Å². The summed E-state index contributed by atoms with van der Waals surface area (Å²) < 4.78 is 8.57. The van der Waals surface area contributed by atoms with Crippen LogP contribution in [0.25, 0.3) is 0 Å². The van der Waals surface area contributed by atoms with E-state index in [-0.39, 0.29) is 0 Å². The quantitative estimate of drug-likeness (QED) is 0.421. The summed E-state index contributed by atoms with van der Waals surface area (Å²) in [4.78, 5) is 10.2. The van der Waals surface area contributed by atoms with E-state index in [1.54, 1.807) is 6.08 Å². The maximum Gasteiger partial charge on any atom is 0.512 e. The fourth-order valence-corrected chi connectivity index (χ4v) is 0.248. The van der Waals surface area contributed by atoms with Gasteiger partial charge in [0.2, 0.25) is 0 Å². The zero-order valence-electron chi connectivity index (χ0n) is 5.59. The molecule has 0 radical (unpaired) electrons. The number of rotatable bonds is 2. The predicted octanol–water partition coefficient (Wildman–Crippen LogP) is 1.69. The normalized spacial score (nSPS) is 9.56. The maximum atomic E-state index is 10.2. The van der Waals surface area contributed by atoms with Gasteiger partial charge in [-0.25, -0.2) is 4.79 Å². The zero-order chi connectivity index (χ0) is 7.11. The molecule has 0 amide bonds. The zero-order valence-corrected chi connectivity index (χ0v) is 5.59. The highest BCUT2D eigenvalue weighted by Crippen LogP contribution is 1.85. The number of carbonyl (C=O) groups excluding carboxylic acids is 1. The first-order chi connectivity index (χ1) is 4.31. The van der Waals surface area contributed by atoms with Crippen LogP contribution in [0.5, 0.6) is 0 Å². The SMILES string of the molecule is CCC=COC(=O)OC. The van der Waals surface area contributed by atoms with Gasteiger partial charge in [-0.2, -0.15) is 0 Å². The van der Waals surface area contributed by atoms with E-state index in [2.05, 4.69) is 9.47 Å². The van der Waals surface area contributed by atoms with Crippen LogP contribution >= 0.6 is 0 Å². The van der Waals surface area contributed by atoms with Crippen molar-refractivity contribution in [3.8, 4) is 0 Å². The molecule has 0 heterocycles. The van der Waals surface area contributed by atoms with Gasteiger partial charge in [-0.3, -0.25) is 0 Å². The Morgan fingerprint density at radius 2 is 2.33 bits per heavy atom. The molecule has 0 spiro atoms. The molecule has 0 aromatic carbocycles. The third kappa shape index (κ3) is 4.87. The number of hydrogen-bond donors (Lipinski definition) is 0. The van der Waals surface area contributed by atoms with Crippen LogP contribution < -0.4 is 0 Å². The molecule has 0 atom stereocenters. The third-order valence-electron chi connectivity index (χ3n) is 0.663. The van der Waals surface area contributed by atoms with Crippen LogP contribution in [0.2, 0.25) is 0 Å². The molecule has 0 aliphatic carbocycles. The number of hydrogen-bond acceptors (Lipinski definition) is 3. The molecule has 0 fully saturated rings.